The molecule has 2 aromatic heterocycles. The van der Waals surface area contributed by atoms with Crippen LogP contribution in [0.2, 0.25) is 0 Å². The molecule has 3 N–H and O–H groups in total. The minimum atomic E-state index is -0.596. The predicted molar refractivity (Wildman–Crippen MR) is 53.8 cm³/mol. The summed E-state index contributed by atoms with van der Waals surface area (Å²) in [5, 5.41) is 10.3. The Balaban J connectivity index is 2.35. The Hall–Kier alpha value is -1.11. The van der Waals surface area contributed by atoms with Gasteiger partial charge >= 0.3 is 0 Å². The van der Waals surface area contributed by atoms with Gasteiger partial charge in [0.2, 0.25) is 0 Å². The Bertz CT molecular complexity index is 397. The fourth-order valence-electron chi connectivity index (χ4n) is 1.12. The summed E-state index contributed by atoms with van der Waals surface area (Å²) in [5.41, 5.74) is 5.93. The van der Waals surface area contributed by atoms with Crippen LogP contribution in [0.4, 0.5) is 0 Å². The number of aromatic nitrogens is 3. The predicted octanol–water partition coefficient (Wildman–Crippen LogP) is 0.469. The van der Waals surface area contributed by atoms with Crippen LogP contribution in [-0.2, 0) is 0 Å². The third-order valence-corrected chi connectivity index (χ3v) is 2.84. The fraction of sp³-hybridized carbons (Fsp3) is 0.375. The van der Waals surface area contributed by atoms with Crippen molar-refractivity contribution >= 4 is 21.8 Å². The van der Waals surface area contributed by atoms with Crippen LogP contribution in [0, 0.1) is 0 Å². The number of rotatable bonds is 3. The van der Waals surface area contributed by atoms with Crippen molar-refractivity contribution in [2.24, 2.45) is 5.73 Å². The first-order chi connectivity index (χ1) is 6.81. The highest BCUT2D eigenvalue weighted by Crippen LogP contribution is 2.24. The van der Waals surface area contributed by atoms with E-state index in [-0.39, 0.29) is 0 Å². The molecule has 0 saturated carbocycles. The molecule has 2 rings (SSSR count). The van der Waals surface area contributed by atoms with Gasteiger partial charge in [0.05, 0.1) is 0 Å². The Morgan fingerprint density at radius 3 is 2.93 bits per heavy atom. The lowest BCUT2D eigenvalue weighted by Gasteiger charge is -2.02. The van der Waals surface area contributed by atoms with Crippen LogP contribution >= 0.6 is 11.3 Å². The van der Waals surface area contributed by atoms with Crippen molar-refractivity contribution in [3.63, 3.8) is 0 Å². The van der Waals surface area contributed by atoms with E-state index < -0.39 is 6.10 Å². The van der Waals surface area contributed by atoms with E-state index in [1.54, 1.807) is 12.4 Å². The number of thiazole rings is 1. The first kappa shape index (κ1) is 9.45. The molecule has 2 aromatic rings. The molecule has 6 heteroatoms. The molecule has 14 heavy (non-hydrogen) atoms. The maximum atomic E-state index is 9.63. The average Bonchev–Trinajstić information content (AvgIpc) is 2.61. The summed E-state index contributed by atoms with van der Waals surface area (Å²) in [4.78, 5) is 13.1. The highest BCUT2D eigenvalue weighted by atomic mass is 32.1. The smallest absolute Gasteiger partial charge is 0.189 e. The van der Waals surface area contributed by atoms with Gasteiger partial charge in [0.25, 0.3) is 0 Å². The molecule has 0 aliphatic carbocycles. The van der Waals surface area contributed by atoms with Gasteiger partial charge in [-0.05, 0) is 13.0 Å². The third-order valence-electron chi connectivity index (χ3n) is 1.79. The maximum Gasteiger partial charge on any atom is 0.189 e. The zero-order valence-corrected chi connectivity index (χ0v) is 8.24. The van der Waals surface area contributed by atoms with E-state index in [1.807, 2.05) is 0 Å². The second-order valence-corrected chi connectivity index (χ2v) is 3.84. The number of hydrogen-bond acceptors (Lipinski definition) is 6. The van der Waals surface area contributed by atoms with Gasteiger partial charge in [-0.3, -0.25) is 0 Å². The molecule has 0 bridgehead atoms. The second-order valence-electron chi connectivity index (χ2n) is 2.83. The van der Waals surface area contributed by atoms with Gasteiger partial charge < -0.3 is 10.8 Å². The van der Waals surface area contributed by atoms with Crippen molar-refractivity contribution in [3.05, 3.63) is 17.4 Å². The lowest BCUT2D eigenvalue weighted by atomic mass is 10.3. The van der Waals surface area contributed by atoms with Gasteiger partial charge in [-0.2, -0.15) is 0 Å². The standard InChI is InChI=1S/C8H10N4OS/c9-2-1-5(13)7-12-6-8(14-7)11-4-3-10-6/h3-5,13H,1-2,9H2. The largest absolute Gasteiger partial charge is 0.386 e. The summed E-state index contributed by atoms with van der Waals surface area (Å²) < 4.78 is 0. The molecule has 2 heterocycles. The van der Waals surface area contributed by atoms with E-state index in [4.69, 9.17) is 5.73 Å². The fourth-order valence-corrected chi connectivity index (χ4v) is 2.00. The number of fused-ring (bicyclic) bond motifs is 1. The monoisotopic (exact) mass is 210 g/mol. The first-order valence-corrected chi connectivity index (χ1v) is 5.08. The summed E-state index contributed by atoms with van der Waals surface area (Å²) in [5.74, 6) is 0. The Labute approximate surface area is 84.6 Å². The van der Waals surface area contributed by atoms with Crippen LogP contribution in [0.1, 0.15) is 17.5 Å². The van der Waals surface area contributed by atoms with Crippen molar-refractivity contribution in [3.8, 4) is 0 Å². The summed E-state index contributed by atoms with van der Waals surface area (Å²) in [7, 11) is 0. The summed E-state index contributed by atoms with van der Waals surface area (Å²) in [6.07, 6.45) is 3.11. The molecule has 0 aromatic carbocycles. The number of aliphatic hydroxyl groups is 1. The Morgan fingerprint density at radius 2 is 2.21 bits per heavy atom. The number of nitrogens with two attached hydrogens (primary N) is 1. The molecule has 0 saturated heterocycles. The molecule has 74 valence electrons. The highest BCUT2D eigenvalue weighted by molar-refractivity contribution is 7.18. The summed E-state index contributed by atoms with van der Waals surface area (Å²) >= 11 is 1.36. The molecule has 1 atom stereocenters. The molecular formula is C8H10N4OS. The van der Waals surface area contributed by atoms with Crippen molar-refractivity contribution in [1.29, 1.82) is 0 Å². The van der Waals surface area contributed by atoms with Crippen LogP contribution < -0.4 is 5.73 Å². The summed E-state index contributed by atoms with van der Waals surface area (Å²) in [6, 6.07) is 0. The SMILES string of the molecule is NCCC(O)c1nc2nccnc2s1. The Kier molecular flexibility index (Phi) is 2.67. The van der Waals surface area contributed by atoms with E-state index in [9.17, 15) is 5.11 Å². The van der Waals surface area contributed by atoms with Gasteiger partial charge in [0, 0.05) is 12.4 Å². The molecule has 1 unspecified atom stereocenters. The number of nitrogens with zero attached hydrogens (tertiary/aromatic N) is 3. The minimum absolute atomic E-state index is 0.442. The molecule has 0 aliphatic rings. The van der Waals surface area contributed by atoms with E-state index in [2.05, 4.69) is 15.0 Å². The lowest BCUT2D eigenvalue weighted by molar-refractivity contribution is 0.170. The molecule has 0 fully saturated rings. The molecule has 0 aliphatic heterocycles. The van der Waals surface area contributed by atoms with Crippen LogP contribution in [0.25, 0.3) is 10.5 Å². The van der Waals surface area contributed by atoms with E-state index >= 15 is 0 Å². The van der Waals surface area contributed by atoms with E-state index in [0.717, 1.165) is 4.83 Å². The van der Waals surface area contributed by atoms with Gasteiger partial charge in [-0.25, -0.2) is 15.0 Å². The molecular weight excluding hydrogens is 200 g/mol. The Morgan fingerprint density at radius 1 is 1.43 bits per heavy atom. The first-order valence-electron chi connectivity index (χ1n) is 4.27. The topological polar surface area (TPSA) is 84.9 Å². The number of aliphatic hydroxyl groups excluding tert-OH is 1. The molecule has 0 radical (unpaired) electrons. The molecule has 0 amide bonds. The zero-order chi connectivity index (χ0) is 9.97. The lowest BCUT2D eigenvalue weighted by Crippen LogP contribution is -2.06. The average molecular weight is 210 g/mol. The number of hydrogen-bond donors (Lipinski definition) is 2. The van der Waals surface area contributed by atoms with Gasteiger partial charge in [0.15, 0.2) is 10.5 Å². The normalized spacial score (nSPS) is 13.3. The van der Waals surface area contributed by atoms with Crippen molar-refractivity contribution < 1.29 is 5.11 Å². The van der Waals surface area contributed by atoms with Gasteiger partial charge in [-0.15, -0.1) is 0 Å². The highest BCUT2D eigenvalue weighted by Gasteiger charge is 2.13. The van der Waals surface area contributed by atoms with Gasteiger partial charge in [0.1, 0.15) is 11.1 Å². The van der Waals surface area contributed by atoms with E-state index in [1.165, 1.54) is 11.3 Å². The van der Waals surface area contributed by atoms with Crippen LogP contribution in [0.5, 0.6) is 0 Å². The van der Waals surface area contributed by atoms with Crippen molar-refractivity contribution in [1.82, 2.24) is 15.0 Å². The van der Waals surface area contributed by atoms with Crippen LogP contribution in [0.3, 0.4) is 0 Å². The third kappa shape index (κ3) is 1.72. The van der Waals surface area contributed by atoms with E-state index in [0.29, 0.717) is 23.6 Å². The molecule has 5 nitrogen and oxygen atoms in total. The minimum Gasteiger partial charge on any atom is -0.386 e. The van der Waals surface area contributed by atoms with Crippen LogP contribution in [-0.4, -0.2) is 26.6 Å². The van der Waals surface area contributed by atoms with Crippen molar-refractivity contribution in [2.75, 3.05) is 6.54 Å². The summed E-state index contributed by atoms with van der Waals surface area (Å²) in [6.45, 7) is 0.442. The van der Waals surface area contributed by atoms with Crippen molar-refractivity contribution in [2.45, 2.75) is 12.5 Å². The van der Waals surface area contributed by atoms with Crippen LogP contribution in [0.15, 0.2) is 12.4 Å². The van der Waals surface area contributed by atoms with Gasteiger partial charge in [-0.1, -0.05) is 11.3 Å². The molecule has 0 spiro atoms. The maximum absolute atomic E-state index is 9.63. The zero-order valence-electron chi connectivity index (χ0n) is 7.42. The quantitative estimate of drug-likeness (QED) is 0.769. The second kappa shape index (κ2) is 3.95.